The summed E-state index contributed by atoms with van der Waals surface area (Å²) >= 11 is 5.26. The van der Waals surface area contributed by atoms with Gasteiger partial charge in [0.2, 0.25) is 0 Å². The molecule has 0 aromatic heterocycles. The fourth-order valence-electron chi connectivity index (χ4n) is 1.79. The standard InChI is InChI=1S/C12H15BrN2O2S/c13-10-6-8(12(14)15-16)3-4-11(10)18-7-9-2-1-5-17-9/h3-4,6,9,16H,1-2,5,7H2,(H2,14,15). The Hall–Kier alpha value is -0.720. The number of nitrogens with zero attached hydrogens (tertiary/aromatic N) is 1. The molecule has 1 fully saturated rings. The lowest BCUT2D eigenvalue weighted by molar-refractivity contribution is 0.129. The largest absolute Gasteiger partial charge is 0.409 e. The second-order valence-corrected chi connectivity index (χ2v) is 5.99. The highest BCUT2D eigenvalue weighted by atomic mass is 79.9. The molecule has 0 bridgehead atoms. The van der Waals surface area contributed by atoms with Crippen LogP contribution in [0.15, 0.2) is 32.7 Å². The van der Waals surface area contributed by atoms with E-state index >= 15 is 0 Å². The zero-order chi connectivity index (χ0) is 13.0. The third-order valence-corrected chi connectivity index (χ3v) is 4.91. The fourth-order valence-corrected chi connectivity index (χ4v) is 3.51. The first-order chi connectivity index (χ1) is 8.70. The predicted octanol–water partition coefficient (Wildman–Crippen LogP) is 2.81. The van der Waals surface area contributed by atoms with Gasteiger partial charge in [-0.2, -0.15) is 0 Å². The monoisotopic (exact) mass is 330 g/mol. The first-order valence-electron chi connectivity index (χ1n) is 5.72. The van der Waals surface area contributed by atoms with Gasteiger partial charge in [0.15, 0.2) is 5.84 Å². The molecule has 1 atom stereocenters. The molecule has 1 saturated heterocycles. The Bertz CT molecular complexity index is 448. The van der Waals surface area contributed by atoms with Gasteiger partial charge in [0.05, 0.1) is 6.10 Å². The molecule has 1 unspecified atom stereocenters. The summed E-state index contributed by atoms with van der Waals surface area (Å²) in [5, 5.41) is 11.6. The molecule has 4 nitrogen and oxygen atoms in total. The van der Waals surface area contributed by atoms with E-state index in [4.69, 9.17) is 15.7 Å². The number of nitrogens with two attached hydrogens (primary N) is 1. The molecule has 3 N–H and O–H groups in total. The van der Waals surface area contributed by atoms with Crippen LogP contribution in [-0.4, -0.2) is 29.5 Å². The van der Waals surface area contributed by atoms with Crippen molar-refractivity contribution in [3.8, 4) is 0 Å². The number of oxime groups is 1. The molecule has 6 heteroatoms. The van der Waals surface area contributed by atoms with Crippen molar-refractivity contribution < 1.29 is 9.94 Å². The van der Waals surface area contributed by atoms with Crippen LogP contribution in [0.25, 0.3) is 0 Å². The first-order valence-corrected chi connectivity index (χ1v) is 7.50. The summed E-state index contributed by atoms with van der Waals surface area (Å²) in [6, 6.07) is 5.67. The Morgan fingerprint density at radius 2 is 2.44 bits per heavy atom. The molecule has 1 aromatic carbocycles. The van der Waals surface area contributed by atoms with Gasteiger partial charge in [-0.05, 0) is 47.0 Å². The van der Waals surface area contributed by atoms with E-state index in [0.717, 1.165) is 34.6 Å². The minimum atomic E-state index is 0.117. The number of ether oxygens (including phenoxy) is 1. The van der Waals surface area contributed by atoms with Gasteiger partial charge in [0.1, 0.15) is 0 Å². The highest BCUT2D eigenvalue weighted by Gasteiger charge is 2.16. The van der Waals surface area contributed by atoms with E-state index in [1.165, 1.54) is 0 Å². The number of halogens is 1. The zero-order valence-corrected chi connectivity index (χ0v) is 12.2. The lowest BCUT2D eigenvalue weighted by Crippen LogP contribution is -2.13. The van der Waals surface area contributed by atoms with Crippen molar-refractivity contribution in [1.29, 1.82) is 0 Å². The van der Waals surface area contributed by atoms with E-state index in [1.54, 1.807) is 11.8 Å². The Balaban J connectivity index is 2.00. The van der Waals surface area contributed by atoms with E-state index in [2.05, 4.69) is 21.1 Å². The lowest BCUT2D eigenvalue weighted by atomic mass is 10.2. The summed E-state index contributed by atoms with van der Waals surface area (Å²) < 4.78 is 6.54. The Morgan fingerprint density at radius 3 is 3.06 bits per heavy atom. The van der Waals surface area contributed by atoms with Crippen molar-refractivity contribution in [3.05, 3.63) is 28.2 Å². The predicted molar refractivity (Wildman–Crippen MR) is 76.4 cm³/mol. The van der Waals surface area contributed by atoms with Crippen LogP contribution >= 0.6 is 27.7 Å². The minimum Gasteiger partial charge on any atom is -0.409 e. The van der Waals surface area contributed by atoms with Gasteiger partial charge in [0, 0.05) is 27.3 Å². The zero-order valence-electron chi connectivity index (χ0n) is 9.80. The van der Waals surface area contributed by atoms with Crippen molar-refractivity contribution in [3.63, 3.8) is 0 Å². The highest BCUT2D eigenvalue weighted by molar-refractivity contribution is 9.10. The maximum Gasteiger partial charge on any atom is 0.170 e. The molecule has 0 spiro atoms. The van der Waals surface area contributed by atoms with Crippen LogP contribution in [0.4, 0.5) is 0 Å². The van der Waals surface area contributed by atoms with Crippen LogP contribution in [0.2, 0.25) is 0 Å². The molecular formula is C12H15BrN2O2S. The summed E-state index contributed by atoms with van der Waals surface area (Å²) in [5.41, 5.74) is 6.24. The molecule has 0 amide bonds. The number of amidine groups is 1. The second-order valence-electron chi connectivity index (χ2n) is 4.08. The number of rotatable bonds is 4. The van der Waals surface area contributed by atoms with E-state index < -0.39 is 0 Å². The summed E-state index contributed by atoms with van der Waals surface area (Å²) in [6.07, 6.45) is 2.67. The van der Waals surface area contributed by atoms with Crippen LogP contribution in [0.1, 0.15) is 18.4 Å². The molecule has 2 rings (SSSR count). The van der Waals surface area contributed by atoms with Gasteiger partial charge in [0.25, 0.3) is 0 Å². The van der Waals surface area contributed by atoms with Crippen LogP contribution in [0.5, 0.6) is 0 Å². The Morgan fingerprint density at radius 1 is 1.61 bits per heavy atom. The molecule has 0 aliphatic carbocycles. The third kappa shape index (κ3) is 3.40. The van der Waals surface area contributed by atoms with E-state index in [0.29, 0.717) is 11.7 Å². The molecule has 0 radical (unpaired) electrons. The van der Waals surface area contributed by atoms with Crippen LogP contribution in [0, 0.1) is 0 Å². The number of hydrogen-bond acceptors (Lipinski definition) is 4. The quantitative estimate of drug-likeness (QED) is 0.293. The highest BCUT2D eigenvalue weighted by Crippen LogP contribution is 2.30. The average Bonchev–Trinajstić information content (AvgIpc) is 2.89. The summed E-state index contributed by atoms with van der Waals surface area (Å²) in [4.78, 5) is 1.14. The molecule has 1 aliphatic heterocycles. The molecule has 18 heavy (non-hydrogen) atoms. The van der Waals surface area contributed by atoms with Crippen molar-refractivity contribution in [2.24, 2.45) is 10.9 Å². The molecule has 98 valence electrons. The fraction of sp³-hybridized carbons (Fsp3) is 0.417. The first kappa shape index (κ1) is 13.7. The van der Waals surface area contributed by atoms with Gasteiger partial charge in [-0.1, -0.05) is 5.16 Å². The van der Waals surface area contributed by atoms with Crippen LogP contribution < -0.4 is 5.73 Å². The van der Waals surface area contributed by atoms with Crippen molar-refractivity contribution in [2.75, 3.05) is 12.4 Å². The molecule has 0 saturated carbocycles. The topological polar surface area (TPSA) is 67.8 Å². The normalized spacial score (nSPS) is 20.3. The van der Waals surface area contributed by atoms with Crippen molar-refractivity contribution in [2.45, 2.75) is 23.8 Å². The minimum absolute atomic E-state index is 0.117. The molecule has 1 aliphatic rings. The van der Waals surface area contributed by atoms with E-state index in [1.807, 2.05) is 18.2 Å². The SMILES string of the molecule is N/C(=N/O)c1ccc(SCC2CCCO2)c(Br)c1. The van der Waals surface area contributed by atoms with E-state index in [9.17, 15) is 0 Å². The lowest BCUT2D eigenvalue weighted by Gasteiger charge is -2.10. The molecule has 1 aromatic rings. The number of hydrogen-bond donors (Lipinski definition) is 2. The molecular weight excluding hydrogens is 316 g/mol. The molecule has 1 heterocycles. The summed E-state index contributed by atoms with van der Waals surface area (Å²) in [6.45, 7) is 0.884. The van der Waals surface area contributed by atoms with Crippen molar-refractivity contribution in [1.82, 2.24) is 0 Å². The third-order valence-electron chi connectivity index (χ3n) is 2.78. The second kappa shape index (κ2) is 6.45. The number of thioether (sulfide) groups is 1. The average molecular weight is 331 g/mol. The summed E-state index contributed by atoms with van der Waals surface area (Å²) in [5.74, 6) is 1.08. The maximum atomic E-state index is 8.62. The van der Waals surface area contributed by atoms with Gasteiger partial charge in [-0.3, -0.25) is 0 Å². The summed E-state index contributed by atoms with van der Waals surface area (Å²) in [7, 11) is 0. The van der Waals surface area contributed by atoms with Crippen LogP contribution in [0.3, 0.4) is 0 Å². The van der Waals surface area contributed by atoms with Gasteiger partial charge in [-0.25, -0.2) is 0 Å². The maximum absolute atomic E-state index is 8.62. The van der Waals surface area contributed by atoms with Crippen molar-refractivity contribution >= 4 is 33.5 Å². The smallest absolute Gasteiger partial charge is 0.170 e. The van der Waals surface area contributed by atoms with Gasteiger partial charge >= 0.3 is 0 Å². The van der Waals surface area contributed by atoms with E-state index in [-0.39, 0.29) is 5.84 Å². The van der Waals surface area contributed by atoms with Gasteiger partial charge in [-0.15, -0.1) is 11.8 Å². The van der Waals surface area contributed by atoms with Gasteiger partial charge < -0.3 is 15.7 Å². The Kier molecular flexibility index (Phi) is 4.91. The van der Waals surface area contributed by atoms with Crippen LogP contribution in [-0.2, 0) is 4.74 Å². The Labute approximate surface area is 119 Å². The number of benzene rings is 1.